The van der Waals surface area contributed by atoms with Gasteiger partial charge in [0.15, 0.2) is 0 Å². The van der Waals surface area contributed by atoms with Crippen LogP contribution in [0, 0.1) is 5.82 Å². The largest absolute Gasteiger partial charge is 0.310 e. The van der Waals surface area contributed by atoms with Gasteiger partial charge in [-0.15, -0.1) is 0 Å². The van der Waals surface area contributed by atoms with Crippen LogP contribution in [0.5, 0.6) is 0 Å². The van der Waals surface area contributed by atoms with Gasteiger partial charge in [-0.3, -0.25) is 0 Å². The average molecular weight is 342 g/mol. The summed E-state index contributed by atoms with van der Waals surface area (Å²) in [6, 6.07) is 11.0. The van der Waals surface area contributed by atoms with Crippen molar-refractivity contribution in [3.8, 4) is 0 Å². The zero-order valence-corrected chi connectivity index (χ0v) is 13.5. The van der Waals surface area contributed by atoms with Crippen LogP contribution in [0.1, 0.15) is 18.4 Å². The van der Waals surface area contributed by atoms with Gasteiger partial charge in [0, 0.05) is 33.0 Å². The van der Waals surface area contributed by atoms with Gasteiger partial charge >= 0.3 is 0 Å². The van der Waals surface area contributed by atoms with E-state index in [-0.39, 0.29) is 5.82 Å². The predicted octanol–water partition coefficient (Wildman–Crippen LogP) is 5.54. The highest BCUT2D eigenvalue weighted by Crippen LogP contribution is 2.37. The molecule has 0 saturated heterocycles. The van der Waals surface area contributed by atoms with Gasteiger partial charge in [-0.2, -0.15) is 0 Å². The van der Waals surface area contributed by atoms with Gasteiger partial charge in [-0.05, 0) is 43.2 Å². The van der Waals surface area contributed by atoms with Crippen molar-refractivity contribution >= 4 is 35.0 Å². The third-order valence-corrected chi connectivity index (χ3v) is 5.17. The van der Waals surface area contributed by atoms with E-state index in [0.717, 1.165) is 9.79 Å². The number of benzene rings is 2. The molecule has 21 heavy (non-hydrogen) atoms. The number of hydrogen-bond donors (Lipinski definition) is 1. The Morgan fingerprint density at radius 3 is 2.71 bits per heavy atom. The van der Waals surface area contributed by atoms with Crippen LogP contribution in [0.25, 0.3) is 0 Å². The molecule has 0 atom stereocenters. The Labute approximate surface area is 137 Å². The molecule has 1 aliphatic carbocycles. The lowest BCUT2D eigenvalue weighted by atomic mass is 10.2. The lowest BCUT2D eigenvalue weighted by Crippen LogP contribution is -2.16. The second-order valence-electron chi connectivity index (χ2n) is 5.05. The molecule has 0 aliphatic heterocycles. The first kappa shape index (κ1) is 15.2. The smallest absolute Gasteiger partial charge is 0.128 e. The van der Waals surface area contributed by atoms with Gasteiger partial charge in [0.1, 0.15) is 5.82 Å². The van der Waals surface area contributed by atoms with Crippen LogP contribution in [-0.4, -0.2) is 6.04 Å². The minimum absolute atomic E-state index is 0.189. The fourth-order valence-electron chi connectivity index (χ4n) is 2.01. The van der Waals surface area contributed by atoms with E-state index in [1.165, 1.54) is 30.7 Å². The molecule has 0 radical (unpaired) electrons. The quantitative estimate of drug-likeness (QED) is 0.766. The summed E-state index contributed by atoms with van der Waals surface area (Å²) in [5, 5.41) is 4.59. The Bertz CT molecular complexity index is 659. The Balaban J connectivity index is 1.86. The summed E-state index contributed by atoms with van der Waals surface area (Å²) >= 11 is 13.6. The van der Waals surface area contributed by atoms with Crippen LogP contribution in [-0.2, 0) is 6.54 Å². The molecule has 1 aliphatic rings. The summed E-state index contributed by atoms with van der Waals surface area (Å²) in [5.74, 6) is -0.189. The van der Waals surface area contributed by atoms with Crippen molar-refractivity contribution in [2.45, 2.75) is 35.2 Å². The van der Waals surface area contributed by atoms with Crippen molar-refractivity contribution in [2.24, 2.45) is 0 Å². The lowest BCUT2D eigenvalue weighted by molar-refractivity contribution is 0.579. The third-order valence-electron chi connectivity index (χ3n) is 3.33. The molecular formula is C16H14Cl2FNS. The van der Waals surface area contributed by atoms with Crippen molar-refractivity contribution in [3.05, 3.63) is 57.8 Å². The number of nitrogens with one attached hydrogen (secondary N) is 1. The molecule has 2 aromatic rings. The highest BCUT2D eigenvalue weighted by molar-refractivity contribution is 7.99. The number of rotatable bonds is 5. The SMILES string of the molecule is Fc1cccc(Sc2cc(Cl)ccc2Cl)c1CNC1CC1. The first-order valence-electron chi connectivity index (χ1n) is 6.77. The first-order chi connectivity index (χ1) is 10.1. The molecule has 5 heteroatoms. The predicted molar refractivity (Wildman–Crippen MR) is 86.8 cm³/mol. The maximum atomic E-state index is 14.1. The molecule has 1 fully saturated rings. The molecule has 0 unspecified atom stereocenters. The van der Waals surface area contributed by atoms with E-state index in [0.29, 0.717) is 28.2 Å². The van der Waals surface area contributed by atoms with Crippen molar-refractivity contribution in [1.82, 2.24) is 5.32 Å². The van der Waals surface area contributed by atoms with Crippen molar-refractivity contribution in [3.63, 3.8) is 0 Å². The average Bonchev–Trinajstić information content (AvgIpc) is 3.26. The Morgan fingerprint density at radius 1 is 1.14 bits per heavy atom. The molecule has 2 aromatic carbocycles. The summed E-state index contributed by atoms with van der Waals surface area (Å²) < 4.78 is 14.1. The van der Waals surface area contributed by atoms with E-state index in [2.05, 4.69) is 5.32 Å². The first-order valence-corrected chi connectivity index (χ1v) is 8.34. The molecule has 1 saturated carbocycles. The molecule has 0 amide bonds. The van der Waals surface area contributed by atoms with E-state index in [1.807, 2.05) is 6.07 Å². The molecule has 110 valence electrons. The van der Waals surface area contributed by atoms with Crippen LogP contribution in [0.4, 0.5) is 4.39 Å². The fraction of sp³-hybridized carbons (Fsp3) is 0.250. The van der Waals surface area contributed by atoms with Crippen molar-refractivity contribution in [1.29, 1.82) is 0 Å². The minimum atomic E-state index is -0.189. The van der Waals surface area contributed by atoms with E-state index in [9.17, 15) is 4.39 Å². The molecular weight excluding hydrogens is 328 g/mol. The third kappa shape index (κ3) is 3.92. The molecule has 1 nitrogen and oxygen atoms in total. The van der Waals surface area contributed by atoms with Crippen LogP contribution >= 0.6 is 35.0 Å². The summed E-state index contributed by atoms with van der Waals surface area (Å²) in [7, 11) is 0. The topological polar surface area (TPSA) is 12.0 Å². The fourth-order valence-corrected chi connectivity index (χ4v) is 3.51. The van der Waals surface area contributed by atoms with Crippen LogP contribution < -0.4 is 5.32 Å². The second-order valence-corrected chi connectivity index (χ2v) is 6.98. The molecule has 0 aromatic heterocycles. The van der Waals surface area contributed by atoms with Gasteiger partial charge < -0.3 is 5.32 Å². The molecule has 3 rings (SSSR count). The Hall–Kier alpha value is -0.740. The van der Waals surface area contributed by atoms with E-state index in [1.54, 1.807) is 24.3 Å². The Morgan fingerprint density at radius 2 is 1.95 bits per heavy atom. The van der Waals surface area contributed by atoms with Gasteiger partial charge in [-0.1, -0.05) is 41.0 Å². The molecule has 1 N–H and O–H groups in total. The van der Waals surface area contributed by atoms with Gasteiger partial charge in [0.05, 0.1) is 5.02 Å². The monoisotopic (exact) mass is 341 g/mol. The van der Waals surface area contributed by atoms with Crippen molar-refractivity contribution < 1.29 is 4.39 Å². The highest BCUT2D eigenvalue weighted by Gasteiger charge is 2.21. The summed E-state index contributed by atoms with van der Waals surface area (Å²) in [6.07, 6.45) is 2.36. The maximum Gasteiger partial charge on any atom is 0.128 e. The zero-order chi connectivity index (χ0) is 14.8. The van der Waals surface area contributed by atoms with Gasteiger partial charge in [0.25, 0.3) is 0 Å². The summed E-state index contributed by atoms with van der Waals surface area (Å²) in [4.78, 5) is 1.70. The van der Waals surface area contributed by atoms with Gasteiger partial charge in [-0.25, -0.2) is 4.39 Å². The molecule has 0 heterocycles. The molecule has 0 bridgehead atoms. The normalized spacial score (nSPS) is 14.4. The maximum absolute atomic E-state index is 14.1. The standard InChI is InChI=1S/C16H14Cl2FNS/c17-10-4-7-13(18)16(8-10)21-15-3-1-2-14(19)12(15)9-20-11-5-6-11/h1-4,7-8,11,20H,5-6,9H2. The van der Waals surface area contributed by atoms with Crippen LogP contribution in [0.15, 0.2) is 46.2 Å². The minimum Gasteiger partial charge on any atom is -0.310 e. The van der Waals surface area contributed by atoms with E-state index in [4.69, 9.17) is 23.2 Å². The van der Waals surface area contributed by atoms with E-state index < -0.39 is 0 Å². The van der Waals surface area contributed by atoms with Gasteiger partial charge in [0.2, 0.25) is 0 Å². The number of halogens is 3. The second kappa shape index (κ2) is 6.57. The lowest BCUT2D eigenvalue weighted by Gasteiger charge is -2.12. The Kier molecular flexibility index (Phi) is 4.75. The summed E-state index contributed by atoms with van der Waals surface area (Å²) in [6.45, 7) is 0.540. The zero-order valence-electron chi connectivity index (χ0n) is 11.2. The number of hydrogen-bond acceptors (Lipinski definition) is 2. The van der Waals surface area contributed by atoms with Crippen LogP contribution in [0.2, 0.25) is 10.0 Å². The molecule has 0 spiro atoms. The summed E-state index contributed by atoms with van der Waals surface area (Å²) in [5.41, 5.74) is 0.686. The van der Waals surface area contributed by atoms with Crippen LogP contribution in [0.3, 0.4) is 0 Å². The van der Waals surface area contributed by atoms with Crippen molar-refractivity contribution in [2.75, 3.05) is 0 Å². The highest BCUT2D eigenvalue weighted by atomic mass is 35.5. The van der Waals surface area contributed by atoms with E-state index >= 15 is 0 Å².